The molecule has 0 amide bonds. The number of hydrogen-bond acceptors (Lipinski definition) is 2. The molecule has 0 unspecified atom stereocenters. The van der Waals surface area contributed by atoms with Crippen LogP contribution in [-0.4, -0.2) is 16.1 Å². The molecule has 3 rings (SSSR count). The highest BCUT2D eigenvalue weighted by Crippen LogP contribution is 2.40. The smallest absolute Gasteiger partial charge is 0.336 e. The quantitative estimate of drug-likeness (QED) is 0.920. The van der Waals surface area contributed by atoms with E-state index in [9.17, 15) is 14.3 Å². The first kappa shape index (κ1) is 11.6. The third-order valence-electron chi connectivity index (χ3n) is 3.10. The number of nitrogens with zero attached hydrogens (tertiary/aromatic N) is 1. The molecule has 2 aromatic rings. The van der Waals surface area contributed by atoms with Gasteiger partial charge in [0.15, 0.2) is 0 Å². The van der Waals surface area contributed by atoms with Crippen LogP contribution in [0, 0.1) is 5.82 Å². The predicted molar refractivity (Wildman–Crippen MR) is 68.3 cm³/mol. The van der Waals surface area contributed by atoms with Crippen molar-refractivity contribution in [1.82, 2.24) is 4.98 Å². The Hall–Kier alpha value is -1.49. The van der Waals surface area contributed by atoms with Crippen molar-refractivity contribution in [2.75, 3.05) is 0 Å². The zero-order chi connectivity index (χ0) is 12.9. The Morgan fingerprint density at radius 2 is 2.11 bits per heavy atom. The van der Waals surface area contributed by atoms with Crippen molar-refractivity contribution in [3.8, 4) is 0 Å². The molecule has 1 saturated carbocycles. The molecule has 92 valence electrons. The summed E-state index contributed by atoms with van der Waals surface area (Å²) in [4.78, 5) is 15.7. The van der Waals surface area contributed by atoms with Gasteiger partial charge >= 0.3 is 5.97 Å². The van der Waals surface area contributed by atoms with Crippen molar-refractivity contribution < 1.29 is 14.3 Å². The average molecular weight is 310 g/mol. The van der Waals surface area contributed by atoms with Gasteiger partial charge in [0.05, 0.1) is 15.6 Å². The zero-order valence-corrected chi connectivity index (χ0v) is 10.9. The molecule has 1 aliphatic carbocycles. The Labute approximate surface area is 111 Å². The van der Waals surface area contributed by atoms with Crippen LogP contribution in [0.15, 0.2) is 22.7 Å². The highest BCUT2D eigenvalue weighted by molar-refractivity contribution is 9.10. The lowest BCUT2D eigenvalue weighted by Crippen LogP contribution is -2.02. The van der Waals surface area contributed by atoms with Gasteiger partial charge in [0.2, 0.25) is 0 Å². The van der Waals surface area contributed by atoms with Crippen LogP contribution in [0.2, 0.25) is 0 Å². The molecule has 18 heavy (non-hydrogen) atoms. The van der Waals surface area contributed by atoms with Gasteiger partial charge in [-0.2, -0.15) is 0 Å². The van der Waals surface area contributed by atoms with E-state index in [4.69, 9.17) is 0 Å². The molecule has 5 heteroatoms. The van der Waals surface area contributed by atoms with E-state index in [1.165, 1.54) is 12.1 Å². The Morgan fingerprint density at radius 3 is 2.72 bits per heavy atom. The topological polar surface area (TPSA) is 50.2 Å². The van der Waals surface area contributed by atoms with Gasteiger partial charge in [0.25, 0.3) is 0 Å². The molecule has 1 fully saturated rings. The summed E-state index contributed by atoms with van der Waals surface area (Å²) in [6.07, 6.45) is 2.08. The zero-order valence-electron chi connectivity index (χ0n) is 9.28. The number of rotatable bonds is 2. The van der Waals surface area contributed by atoms with Crippen LogP contribution in [0.3, 0.4) is 0 Å². The highest BCUT2D eigenvalue weighted by atomic mass is 79.9. The minimum absolute atomic E-state index is 0.119. The summed E-state index contributed by atoms with van der Waals surface area (Å²) in [6, 6.07) is 4.31. The van der Waals surface area contributed by atoms with E-state index in [0.29, 0.717) is 21.3 Å². The summed E-state index contributed by atoms with van der Waals surface area (Å²) in [5.41, 5.74) is 1.43. The molecule has 1 N–H and O–H groups in total. The minimum atomic E-state index is -1.05. The molecule has 3 nitrogen and oxygen atoms in total. The van der Waals surface area contributed by atoms with Gasteiger partial charge in [-0.05, 0) is 47.0 Å². The number of carboxylic acid groups (broad SMARTS) is 1. The molecule has 0 saturated heterocycles. The SMILES string of the molecule is O=C(O)c1cc(C2CC2)nc2cc(Br)c(F)cc12. The molecular formula is C13H9BrFNO2. The maximum atomic E-state index is 13.5. The highest BCUT2D eigenvalue weighted by Gasteiger charge is 2.27. The van der Waals surface area contributed by atoms with Crippen LogP contribution in [0.5, 0.6) is 0 Å². The van der Waals surface area contributed by atoms with Crippen molar-refractivity contribution in [1.29, 1.82) is 0 Å². The molecule has 1 aromatic heterocycles. The van der Waals surface area contributed by atoms with Crippen LogP contribution in [0.25, 0.3) is 10.9 Å². The third kappa shape index (κ3) is 1.88. The largest absolute Gasteiger partial charge is 0.478 e. The van der Waals surface area contributed by atoms with Crippen molar-refractivity contribution in [2.45, 2.75) is 18.8 Å². The van der Waals surface area contributed by atoms with Gasteiger partial charge in [-0.25, -0.2) is 9.18 Å². The van der Waals surface area contributed by atoms with Crippen LogP contribution in [0.4, 0.5) is 4.39 Å². The van der Waals surface area contributed by atoms with Gasteiger partial charge in [-0.3, -0.25) is 4.98 Å². The van der Waals surface area contributed by atoms with Gasteiger partial charge in [0.1, 0.15) is 5.82 Å². The van der Waals surface area contributed by atoms with Crippen LogP contribution in [-0.2, 0) is 0 Å². The second-order valence-electron chi connectivity index (χ2n) is 4.46. The third-order valence-corrected chi connectivity index (χ3v) is 3.70. The molecule has 0 spiro atoms. The standard InChI is InChI=1S/C13H9BrFNO2/c14-9-5-12-7(3-10(9)15)8(13(17)18)4-11(16-12)6-1-2-6/h3-6H,1-2H2,(H,17,18). The first-order valence-corrected chi connectivity index (χ1v) is 6.38. The molecule has 0 atom stereocenters. The Bertz CT molecular complexity index is 668. The number of aromatic carboxylic acids is 1. The van der Waals surface area contributed by atoms with E-state index in [1.54, 1.807) is 6.07 Å². The van der Waals surface area contributed by atoms with Crippen molar-refractivity contribution in [2.24, 2.45) is 0 Å². The number of carbonyl (C=O) groups is 1. The predicted octanol–water partition coefficient (Wildman–Crippen LogP) is 3.71. The number of pyridine rings is 1. The fourth-order valence-electron chi connectivity index (χ4n) is 2.01. The van der Waals surface area contributed by atoms with Crippen molar-refractivity contribution in [3.05, 3.63) is 39.7 Å². The van der Waals surface area contributed by atoms with Gasteiger partial charge in [0, 0.05) is 17.0 Å². The monoisotopic (exact) mass is 309 g/mol. The Kier molecular flexibility index (Phi) is 2.59. The van der Waals surface area contributed by atoms with Gasteiger partial charge in [-0.1, -0.05) is 0 Å². The Morgan fingerprint density at radius 1 is 1.39 bits per heavy atom. The summed E-state index contributed by atoms with van der Waals surface area (Å²) in [6.45, 7) is 0. The van der Waals surface area contributed by atoms with Crippen LogP contribution < -0.4 is 0 Å². The van der Waals surface area contributed by atoms with E-state index in [1.807, 2.05) is 0 Å². The van der Waals surface area contributed by atoms with E-state index in [2.05, 4.69) is 20.9 Å². The van der Waals surface area contributed by atoms with E-state index in [-0.39, 0.29) is 5.56 Å². The number of hydrogen-bond donors (Lipinski definition) is 1. The molecule has 0 aliphatic heterocycles. The second-order valence-corrected chi connectivity index (χ2v) is 5.31. The second kappa shape index (κ2) is 4.02. The lowest BCUT2D eigenvalue weighted by atomic mass is 10.1. The molecule has 1 aromatic carbocycles. The summed E-state index contributed by atoms with van der Waals surface area (Å²) in [7, 11) is 0. The normalized spacial score (nSPS) is 15.0. The lowest BCUT2D eigenvalue weighted by molar-refractivity contribution is 0.0699. The summed E-state index contributed by atoms with van der Waals surface area (Å²) < 4.78 is 13.8. The minimum Gasteiger partial charge on any atom is -0.478 e. The van der Waals surface area contributed by atoms with Crippen LogP contribution in [0.1, 0.15) is 34.8 Å². The number of benzene rings is 1. The van der Waals surface area contributed by atoms with Gasteiger partial charge in [-0.15, -0.1) is 0 Å². The first-order valence-electron chi connectivity index (χ1n) is 5.59. The van der Waals surface area contributed by atoms with E-state index in [0.717, 1.165) is 18.5 Å². The van der Waals surface area contributed by atoms with Crippen molar-refractivity contribution >= 4 is 32.8 Å². The fourth-order valence-corrected chi connectivity index (χ4v) is 2.34. The fraction of sp³-hybridized carbons (Fsp3) is 0.231. The number of carboxylic acids is 1. The average Bonchev–Trinajstić information content (AvgIpc) is 3.13. The first-order chi connectivity index (χ1) is 8.56. The van der Waals surface area contributed by atoms with E-state index >= 15 is 0 Å². The summed E-state index contributed by atoms with van der Waals surface area (Å²) in [5.74, 6) is -1.17. The maximum Gasteiger partial charge on any atom is 0.336 e. The number of fused-ring (bicyclic) bond motifs is 1. The lowest BCUT2D eigenvalue weighted by Gasteiger charge is -2.07. The molecule has 0 bridgehead atoms. The van der Waals surface area contributed by atoms with Crippen molar-refractivity contribution in [3.63, 3.8) is 0 Å². The maximum absolute atomic E-state index is 13.5. The molecule has 1 aliphatic rings. The number of halogens is 2. The number of aromatic nitrogens is 1. The molecular weight excluding hydrogens is 301 g/mol. The van der Waals surface area contributed by atoms with Gasteiger partial charge < -0.3 is 5.11 Å². The Balaban J connectivity index is 2.33. The van der Waals surface area contributed by atoms with Crippen LogP contribution >= 0.6 is 15.9 Å². The summed E-state index contributed by atoms with van der Waals surface area (Å²) in [5, 5.41) is 9.55. The molecule has 1 heterocycles. The summed E-state index contributed by atoms with van der Waals surface area (Å²) >= 11 is 3.09. The van der Waals surface area contributed by atoms with E-state index < -0.39 is 11.8 Å². The molecule has 0 radical (unpaired) electrons.